The molecule has 1 aromatic rings. The van der Waals surface area contributed by atoms with Gasteiger partial charge in [0.15, 0.2) is 0 Å². The molecule has 1 aliphatic rings. The first kappa shape index (κ1) is 13.4. The van der Waals surface area contributed by atoms with E-state index in [1.807, 2.05) is 24.3 Å². The zero-order valence-electron chi connectivity index (χ0n) is 10.3. The number of benzene rings is 1. The average molecular weight is 263 g/mol. The van der Waals surface area contributed by atoms with Gasteiger partial charge >= 0.3 is 0 Å². The molecule has 0 aromatic heterocycles. The minimum atomic E-state index is 0.303. The molecule has 1 unspecified atom stereocenters. The van der Waals surface area contributed by atoms with Gasteiger partial charge in [0.05, 0.1) is 31.0 Å². The summed E-state index contributed by atoms with van der Waals surface area (Å²) in [6, 6.07) is 9.80. The average Bonchev–Trinajstić information content (AvgIpc) is 2.92. The summed E-state index contributed by atoms with van der Waals surface area (Å²) in [7, 11) is 0. The molecule has 1 saturated heterocycles. The molecule has 1 fully saturated rings. The Hall–Kier alpha value is -1.02. The van der Waals surface area contributed by atoms with Crippen LogP contribution in [0.4, 0.5) is 0 Å². The second-order valence-corrected chi connectivity index (χ2v) is 5.37. The third kappa shape index (κ3) is 4.34. The van der Waals surface area contributed by atoms with Crippen molar-refractivity contribution in [3.8, 4) is 6.07 Å². The zero-order valence-corrected chi connectivity index (χ0v) is 11.1. The van der Waals surface area contributed by atoms with Crippen LogP contribution in [0.2, 0.25) is 0 Å². The van der Waals surface area contributed by atoms with Gasteiger partial charge in [0, 0.05) is 17.3 Å². The quantitative estimate of drug-likeness (QED) is 0.584. The van der Waals surface area contributed by atoms with Crippen LogP contribution in [-0.4, -0.2) is 31.7 Å². The Balaban J connectivity index is 1.61. The highest BCUT2D eigenvalue weighted by atomic mass is 32.2. The van der Waals surface area contributed by atoms with Crippen LogP contribution in [0.3, 0.4) is 0 Å². The van der Waals surface area contributed by atoms with Crippen molar-refractivity contribution in [2.45, 2.75) is 23.8 Å². The minimum Gasteiger partial charge on any atom is -0.378 e. The standard InChI is InChI=1S/C14H17NO2S/c15-10-12-3-1-5-14(9-12)18-8-7-16-11-13-4-2-6-17-13/h1,3,5,9,13H,2,4,6-8,11H2. The van der Waals surface area contributed by atoms with E-state index in [9.17, 15) is 0 Å². The molecule has 3 nitrogen and oxygen atoms in total. The summed E-state index contributed by atoms with van der Waals surface area (Å²) in [5, 5.41) is 8.80. The maximum atomic E-state index is 8.80. The molecule has 18 heavy (non-hydrogen) atoms. The lowest BCUT2D eigenvalue weighted by molar-refractivity contribution is 0.0226. The van der Waals surface area contributed by atoms with Crippen molar-refractivity contribution in [1.29, 1.82) is 5.26 Å². The lowest BCUT2D eigenvalue weighted by atomic mass is 10.2. The van der Waals surface area contributed by atoms with Crippen LogP contribution in [0.25, 0.3) is 0 Å². The van der Waals surface area contributed by atoms with E-state index in [1.54, 1.807) is 11.8 Å². The molecule has 2 rings (SSSR count). The van der Waals surface area contributed by atoms with Crippen molar-refractivity contribution in [3.05, 3.63) is 29.8 Å². The van der Waals surface area contributed by atoms with Crippen LogP contribution in [0.1, 0.15) is 18.4 Å². The smallest absolute Gasteiger partial charge is 0.0992 e. The molecule has 0 bridgehead atoms. The molecular weight excluding hydrogens is 246 g/mol. The molecule has 0 aliphatic carbocycles. The second kappa shape index (κ2) is 7.42. The van der Waals surface area contributed by atoms with Crippen LogP contribution < -0.4 is 0 Å². The topological polar surface area (TPSA) is 42.2 Å². The van der Waals surface area contributed by atoms with Gasteiger partial charge in [-0.15, -0.1) is 11.8 Å². The van der Waals surface area contributed by atoms with Crippen molar-refractivity contribution in [1.82, 2.24) is 0 Å². The number of hydrogen-bond acceptors (Lipinski definition) is 4. The van der Waals surface area contributed by atoms with Gasteiger partial charge < -0.3 is 9.47 Å². The van der Waals surface area contributed by atoms with Crippen LogP contribution in [0, 0.1) is 11.3 Å². The van der Waals surface area contributed by atoms with Crippen molar-refractivity contribution in [3.63, 3.8) is 0 Å². The monoisotopic (exact) mass is 263 g/mol. The fourth-order valence-electron chi connectivity index (χ4n) is 1.86. The number of thioether (sulfide) groups is 1. The highest BCUT2D eigenvalue weighted by molar-refractivity contribution is 7.99. The van der Waals surface area contributed by atoms with Gasteiger partial charge in [-0.2, -0.15) is 5.26 Å². The fraction of sp³-hybridized carbons (Fsp3) is 0.500. The van der Waals surface area contributed by atoms with Crippen molar-refractivity contribution in [2.75, 3.05) is 25.6 Å². The van der Waals surface area contributed by atoms with E-state index in [-0.39, 0.29) is 0 Å². The van der Waals surface area contributed by atoms with E-state index in [4.69, 9.17) is 14.7 Å². The molecule has 0 amide bonds. The maximum absolute atomic E-state index is 8.80. The third-order valence-corrected chi connectivity index (χ3v) is 3.75. The molecule has 4 heteroatoms. The molecule has 96 valence electrons. The maximum Gasteiger partial charge on any atom is 0.0992 e. The van der Waals surface area contributed by atoms with Gasteiger partial charge in [0.2, 0.25) is 0 Å². The molecular formula is C14H17NO2S. The van der Waals surface area contributed by atoms with E-state index >= 15 is 0 Å². The summed E-state index contributed by atoms with van der Waals surface area (Å²) in [6.45, 7) is 2.31. The van der Waals surface area contributed by atoms with E-state index in [0.29, 0.717) is 18.3 Å². The fourth-order valence-corrected chi connectivity index (χ4v) is 2.69. The van der Waals surface area contributed by atoms with Crippen LogP contribution in [0.15, 0.2) is 29.2 Å². The molecule has 0 radical (unpaired) electrons. The Morgan fingerprint density at radius 3 is 3.22 bits per heavy atom. The minimum absolute atomic E-state index is 0.303. The van der Waals surface area contributed by atoms with Gasteiger partial charge in [-0.1, -0.05) is 6.07 Å². The highest BCUT2D eigenvalue weighted by Crippen LogP contribution is 2.19. The normalized spacial score (nSPS) is 18.7. The third-order valence-electron chi connectivity index (χ3n) is 2.79. The predicted octanol–water partition coefficient (Wildman–Crippen LogP) is 2.85. The molecule has 0 saturated carbocycles. The number of nitrogens with zero attached hydrogens (tertiary/aromatic N) is 1. The summed E-state index contributed by atoms with van der Waals surface area (Å²) in [4.78, 5) is 1.12. The molecule has 1 heterocycles. The van der Waals surface area contributed by atoms with Gasteiger partial charge in [-0.25, -0.2) is 0 Å². The summed E-state index contributed by atoms with van der Waals surface area (Å²) in [5.41, 5.74) is 0.709. The second-order valence-electron chi connectivity index (χ2n) is 4.20. The van der Waals surface area contributed by atoms with Gasteiger partial charge in [-0.05, 0) is 31.0 Å². The Labute approximate surface area is 112 Å². The van der Waals surface area contributed by atoms with Crippen molar-refractivity contribution in [2.24, 2.45) is 0 Å². The molecule has 0 N–H and O–H groups in total. The van der Waals surface area contributed by atoms with Gasteiger partial charge in [0.25, 0.3) is 0 Å². The summed E-state index contributed by atoms with van der Waals surface area (Å²) < 4.78 is 11.1. The van der Waals surface area contributed by atoms with E-state index < -0.39 is 0 Å². The molecule has 1 aromatic carbocycles. The predicted molar refractivity (Wildman–Crippen MR) is 71.7 cm³/mol. The molecule has 1 aliphatic heterocycles. The van der Waals surface area contributed by atoms with E-state index in [2.05, 4.69) is 6.07 Å². The first-order valence-corrected chi connectivity index (χ1v) is 7.19. The number of nitriles is 1. The summed E-state index contributed by atoms with van der Waals surface area (Å²) in [5.74, 6) is 0.904. The number of rotatable bonds is 6. The van der Waals surface area contributed by atoms with Crippen molar-refractivity contribution < 1.29 is 9.47 Å². The Bertz CT molecular complexity index is 411. The lowest BCUT2D eigenvalue weighted by Gasteiger charge is -2.09. The van der Waals surface area contributed by atoms with Crippen LogP contribution in [-0.2, 0) is 9.47 Å². The van der Waals surface area contributed by atoms with Crippen LogP contribution in [0.5, 0.6) is 0 Å². The van der Waals surface area contributed by atoms with Crippen molar-refractivity contribution >= 4 is 11.8 Å². The van der Waals surface area contributed by atoms with Gasteiger partial charge in [0.1, 0.15) is 0 Å². The highest BCUT2D eigenvalue weighted by Gasteiger charge is 2.14. The summed E-state index contributed by atoms with van der Waals surface area (Å²) >= 11 is 1.72. The largest absolute Gasteiger partial charge is 0.378 e. The number of hydrogen-bond donors (Lipinski definition) is 0. The Morgan fingerprint density at radius 2 is 2.44 bits per heavy atom. The first-order valence-electron chi connectivity index (χ1n) is 6.21. The van der Waals surface area contributed by atoms with E-state index in [0.717, 1.165) is 36.7 Å². The van der Waals surface area contributed by atoms with Crippen LogP contribution >= 0.6 is 11.8 Å². The first-order chi connectivity index (χ1) is 8.88. The summed E-state index contributed by atoms with van der Waals surface area (Å²) in [6.07, 6.45) is 2.58. The SMILES string of the molecule is N#Cc1cccc(SCCOCC2CCCO2)c1. The van der Waals surface area contributed by atoms with Gasteiger partial charge in [-0.3, -0.25) is 0 Å². The lowest BCUT2D eigenvalue weighted by Crippen LogP contribution is -2.15. The number of ether oxygens (including phenoxy) is 2. The zero-order chi connectivity index (χ0) is 12.6. The molecule has 0 spiro atoms. The Morgan fingerprint density at radius 1 is 1.50 bits per heavy atom. The van der Waals surface area contributed by atoms with E-state index in [1.165, 1.54) is 0 Å². The Kier molecular flexibility index (Phi) is 5.53. The molecule has 1 atom stereocenters.